The van der Waals surface area contributed by atoms with Crippen molar-refractivity contribution in [2.75, 3.05) is 5.32 Å². The Morgan fingerprint density at radius 3 is 2.81 bits per heavy atom. The Balaban J connectivity index is 2.79. The molecule has 3 nitrogen and oxygen atoms in total. The van der Waals surface area contributed by atoms with E-state index in [-0.39, 0.29) is 6.04 Å². The molecule has 1 heterocycles. The van der Waals surface area contributed by atoms with Gasteiger partial charge in [-0.1, -0.05) is 13.8 Å². The predicted octanol–water partition coefficient (Wildman–Crippen LogP) is 3.02. The van der Waals surface area contributed by atoms with Crippen LogP contribution in [-0.4, -0.2) is 16.0 Å². The number of hydrogen-bond donors (Lipinski definition) is 1. The Hall–Kier alpha value is -1.08. The highest BCUT2D eigenvalue weighted by molar-refractivity contribution is 9.10. The third-order valence-electron chi connectivity index (χ3n) is 2.27. The lowest BCUT2D eigenvalue weighted by Crippen LogP contribution is -2.19. The van der Waals surface area contributed by atoms with Crippen molar-refractivity contribution in [3.8, 4) is 12.3 Å². The maximum absolute atomic E-state index is 5.31. The first-order valence-corrected chi connectivity index (χ1v) is 6.22. The molecule has 0 aliphatic carbocycles. The van der Waals surface area contributed by atoms with Gasteiger partial charge < -0.3 is 5.32 Å². The summed E-state index contributed by atoms with van der Waals surface area (Å²) in [6.45, 7) is 4.14. The van der Waals surface area contributed by atoms with Crippen LogP contribution in [-0.2, 0) is 6.42 Å². The zero-order chi connectivity index (χ0) is 12.0. The van der Waals surface area contributed by atoms with E-state index in [1.54, 1.807) is 0 Å². The lowest BCUT2D eigenvalue weighted by molar-refractivity contribution is 0.709. The van der Waals surface area contributed by atoms with Crippen LogP contribution in [0, 0.1) is 12.3 Å². The van der Waals surface area contributed by atoms with Gasteiger partial charge in [-0.05, 0) is 22.4 Å². The van der Waals surface area contributed by atoms with E-state index in [1.165, 1.54) is 0 Å². The Kier molecular flexibility index (Phi) is 5.27. The molecule has 0 aromatic carbocycles. The summed E-state index contributed by atoms with van der Waals surface area (Å²) < 4.78 is 0.803. The molecule has 0 aliphatic heterocycles. The normalized spacial score (nSPS) is 11.9. The second-order valence-electron chi connectivity index (χ2n) is 3.50. The predicted molar refractivity (Wildman–Crippen MR) is 70.3 cm³/mol. The van der Waals surface area contributed by atoms with Crippen LogP contribution in [0.15, 0.2) is 10.7 Å². The topological polar surface area (TPSA) is 37.8 Å². The summed E-state index contributed by atoms with van der Waals surface area (Å²) in [5.74, 6) is 4.32. The van der Waals surface area contributed by atoms with Gasteiger partial charge in [0.05, 0.1) is 0 Å². The van der Waals surface area contributed by atoms with Crippen molar-refractivity contribution in [2.24, 2.45) is 0 Å². The zero-order valence-electron chi connectivity index (χ0n) is 9.63. The molecule has 0 amide bonds. The molecule has 0 spiro atoms. The quantitative estimate of drug-likeness (QED) is 0.666. The van der Waals surface area contributed by atoms with Crippen LogP contribution < -0.4 is 5.32 Å². The number of rotatable bonds is 5. The molecule has 0 saturated heterocycles. The highest BCUT2D eigenvalue weighted by atomic mass is 79.9. The summed E-state index contributed by atoms with van der Waals surface area (Å²) >= 11 is 3.37. The van der Waals surface area contributed by atoms with Crippen LogP contribution in [0.4, 0.5) is 5.82 Å². The van der Waals surface area contributed by atoms with Gasteiger partial charge in [0.1, 0.15) is 16.2 Å². The molecule has 1 unspecified atom stereocenters. The number of anilines is 1. The third-order valence-corrected chi connectivity index (χ3v) is 2.67. The highest BCUT2D eigenvalue weighted by Gasteiger charge is 2.07. The summed E-state index contributed by atoms with van der Waals surface area (Å²) in [7, 11) is 0. The van der Waals surface area contributed by atoms with Crippen LogP contribution in [0.25, 0.3) is 0 Å². The molecule has 1 rings (SSSR count). The lowest BCUT2D eigenvalue weighted by Gasteiger charge is -2.15. The Morgan fingerprint density at radius 1 is 1.50 bits per heavy atom. The van der Waals surface area contributed by atoms with Crippen molar-refractivity contribution in [1.82, 2.24) is 9.97 Å². The minimum Gasteiger partial charge on any atom is -0.366 e. The van der Waals surface area contributed by atoms with Crippen molar-refractivity contribution in [1.29, 1.82) is 0 Å². The first-order valence-electron chi connectivity index (χ1n) is 5.43. The van der Waals surface area contributed by atoms with E-state index in [9.17, 15) is 0 Å². The molecular weight excluding hydrogens is 266 g/mol. The molecule has 1 N–H and O–H groups in total. The number of nitrogens with one attached hydrogen (secondary N) is 1. The standard InChI is InChI=1S/C12H16BrN3/c1-4-7-9(5-2)14-12-8-10(13)15-11(6-3)16-12/h1,8-9H,5-7H2,2-3H3,(H,14,15,16). The SMILES string of the molecule is C#CCC(CC)Nc1cc(Br)nc(CC)n1. The van der Waals surface area contributed by atoms with Crippen molar-refractivity contribution in [2.45, 2.75) is 39.2 Å². The number of aromatic nitrogens is 2. The van der Waals surface area contributed by atoms with Gasteiger partial charge in [0, 0.05) is 24.9 Å². The minimum absolute atomic E-state index is 0.275. The third kappa shape index (κ3) is 3.82. The number of terminal acetylenes is 1. The summed E-state index contributed by atoms with van der Waals surface area (Å²) in [5, 5.41) is 3.32. The molecule has 86 valence electrons. The van der Waals surface area contributed by atoms with Gasteiger partial charge in [-0.25, -0.2) is 9.97 Å². The van der Waals surface area contributed by atoms with Gasteiger partial charge in [0.15, 0.2) is 0 Å². The summed E-state index contributed by atoms with van der Waals surface area (Å²) in [4.78, 5) is 8.66. The fourth-order valence-corrected chi connectivity index (χ4v) is 1.77. The second-order valence-corrected chi connectivity index (χ2v) is 4.32. The largest absolute Gasteiger partial charge is 0.366 e. The molecule has 0 aliphatic rings. The summed E-state index contributed by atoms with van der Waals surface area (Å²) in [6, 6.07) is 2.15. The van der Waals surface area contributed by atoms with E-state index in [1.807, 2.05) is 13.0 Å². The smallest absolute Gasteiger partial charge is 0.131 e. The molecule has 16 heavy (non-hydrogen) atoms. The van der Waals surface area contributed by atoms with Crippen LogP contribution in [0.1, 0.15) is 32.5 Å². The Labute approximate surface area is 105 Å². The molecule has 0 radical (unpaired) electrons. The van der Waals surface area contributed by atoms with Crippen molar-refractivity contribution < 1.29 is 0 Å². The van der Waals surface area contributed by atoms with Gasteiger partial charge in [-0.15, -0.1) is 12.3 Å². The monoisotopic (exact) mass is 281 g/mol. The highest BCUT2D eigenvalue weighted by Crippen LogP contribution is 2.15. The van der Waals surface area contributed by atoms with Crippen molar-refractivity contribution in [3.05, 3.63) is 16.5 Å². The van der Waals surface area contributed by atoms with E-state index < -0.39 is 0 Å². The molecule has 1 aromatic heterocycles. The van der Waals surface area contributed by atoms with E-state index in [2.05, 4.69) is 44.1 Å². The average molecular weight is 282 g/mol. The molecule has 1 aromatic rings. The van der Waals surface area contributed by atoms with Crippen molar-refractivity contribution in [3.63, 3.8) is 0 Å². The Bertz CT molecular complexity index is 384. The first-order chi connectivity index (χ1) is 7.69. The maximum atomic E-state index is 5.31. The number of hydrogen-bond acceptors (Lipinski definition) is 3. The lowest BCUT2D eigenvalue weighted by atomic mass is 10.1. The van der Waals surface area contributed by atoms with Crippen LogP contribution in [0.3, 0.4) is 0 Å². The number of nitrogens with zero attached hydrogens (tertiary/aromatic N) is 2. The fraction of sp³-hybridized carbons (Fsp3) is 0.500. The average Bonchev–Trinajstić information content (AvgIpc) is 2.27. The Morgan fingerprint density at radius 2 is 2.25 bits per heavy atom. The van der Waals surface area contributed by atoms with Gasteiger partial charge in [-0.3, -0.25) is 0 Å². The first kappa shape index (κ1) is 13.0. The molecular formula is C12H16BrN3. The van der Waals surface area contributed by atoms with Gasteiger partial charge in [-0.2, -0.15) is 0 Å². The van der Waals surface area contributed by atoms with E-state index >= 15 is 0 Å². The molecule has 1 atom stereocenters. The molecule has 0 bridgehead atoms. The van der Waals surface area contributed by atoms with E-state index in [0.717, 1.165) is 29.1 Å². The zero-order valence-corrected chi connectivity index (χ0v) is 11.2. The second kappa shape index (κ2) is 6.49. The van der Waals surface area contributed by atoms with E-state index in [4.69, 9.17) is 6.42 Å². The van der Waals surface area contributed by atoms with Crippen LogP contribution >= 0.6 is 15.9 Å². The van der Waals surface area contributed by atoms with Crippen LogP contribution in [0.2, 0.25) is 0 Å². The van der Waals surface area contributed by atoms with Gasteiger partial charge in [0.25, 0.3) is 0 Å². The van der Waals surface area contributed by atoms with Crippen molar-refractivity contribution >= 4 is 21.7 Å². The van der Waals surface area contributed by atoms with Crippen LogP contribution in [0.5, 0.6) is 0 Å². The number of aryl methyl sites for hydroxylation is 1. The van der Waals surface area contributed by atoms with E-state index in [0.29, 0.717) is 6.42 Å². The molecule has 0 fully saturated rings. The molecule has 4 heteroatoms. The fourth-order valence-electron chi connectivity index (χ4n) is 1.35. The minimum atomic E-state index is 0.275. The van der Waals surface area contributed by atoms with Gasteiger partial charge in [0.2, 0.25) is 0 Å². The summed E-state index contributed by atoms with van der Waals surface area (Å²) in [5.41, 5.74) is 0. The molecule has 0 saturated carbocycles. The number of halogens is 1. The maximum Gasteiger partial charge on any atom is 0.131 e. The van der Waals surface area contributed by atoms with Gasteiger partial charge >= 0.3 is 0 Å². The summed E-state index contributed by atoms with van der Waals surface area (Å²) in [6.07, 6.45) is 7.82.